The third-order valence-electron chi connectivity index (χ3n) is 6.11. The van der Waals surface area contributed by atoms with E-state index in [2.05, 4.69) is 55.6 Å². The van der Waals surface area contributed by atoms with Gasteiger partial charge in [-0.1, -0.05) is 13.0 Å². The number of ether oxygens (including phenoxy) is 1. The maximum atomic E-state index is 12.1. The molecule has 1 amide bonds. The average molecular weight is 462 g/mol. The van der Waals surface area contributed by atoms with Gasteiger partial charge in [0.2, 0.25) is 5.95 Å². The lowest BCUT2D eigenvalue weighted by Crippen LogP contribution is -2.24. The van der Waals surface area contributed by atoms with Crippen molar-refractivity contribution in [3.8, 4) is 5.75 Å². The highest BCUT2D eigenvalue weighted by atomic mass is 16.5. The minimum absolute atomic E-state index is 0.0812. The highest BCUT2D eigenvalue weighted by molar-refractivity contribution is 5.97. The van der Waals surface area contributed by atoms with Gasteiger partial charge in [-0.05, 0) is 36.3 Å². The number of nitrogens with zero attached hydrogens (tertiary/aromatic N) is 3. The monoisotopic (exact) mass is 461 g/mol. The lowest BCUT2D eigenvalue weighted by atomic mass is 9.89. The standard InChI is InChI=1S/C24H27N7O3/c1-13-3-5-19-16(7-8-31(19)2)21(13)29-23-17(22(25)33)11-27-24(30-23)28-14-4-6-20-18(9-14)26-10-15(32)12-34-20/h3-9,11,13,15,21,26,32H,10,12H2,1-2H3,(H2,25,33)(H2,27,28,29,30). The van der Waals surface area contributed by atoms with Gasteiger partial charge in [0, 0.05) is 42.9 Å². The number of amides is 1. The van der Waals surface area contributed by atoms with Crippen molar-refractivity contribution < 1.29 is 14.6 Å². The number of anilines is 4. The van der Waals surface area contributed by atoms with Gasteiger partial charge in [0.25, 0.3) is 5.91 Å². The summed E-state index contributed by atoms with van der Waals surface area (Å²) in [6.07, 6.45) is 7.10. The van der Waals surface area contributed by atoms with Crippen LogP contribution in [-0.4, -0.2) is 44.8 Å². The number of carbonyl (C=O) groups is 1. The summed E-state index contributed by atoms with van der Waals surface area (Å²) in [5.74, 6) is 0.910. The van der Waals surface area contributed by atoms with Crippen LogP contribution >= 0.6 is 0 Å². The summed E-state index contributed by atoms with van der Waals surface area (Å²) in [6, 6.07) is 7.49. The molecule has 0 saturated heterocycles. The summed E-state index contributed by atoms with van der Waals surface area (Å²) in [5, 5.41) is 19.6. The van der Waals surface area contributed by atoms with Gasteiger partial charge in [-0.3, -0.25) is 4.79 Å². The minimum Gasteiger partial charge on any atom is -0.489 e. The lowest BCUT2D eigenvalue weighted by Gasteiger charge is -2.28. The number of rotatable bonds is 5. The first-order chi connectivity index (χ1) is 16.4. The molecule has 0 spiro atoms. The molecule has 6 N–H and O–H groups in total. The SMILES string of the molecule is CC1C=Cc2c(ccn2C)C1Nc1nc(Nc2ccc3c(c2)NCC(O)CO3)ncc1C(N)=O. The van der Waals surface area contributed by atoms with E-state index in [9.17, 15) is 9.90 Å². The minimum atomic E-state index is -0.605. The van der Waals surface area contributed by atoms with Crippen LogP contribution in [0.25, 0.3) is 6.08 Å². The second kappa shape index (κ2) is 8.71. The molecule has 3 atom stereocenters. The van der Waals surface area contributed by atoms with E-state index in [1.54, 1.807) is 0 Å². The zero-order valence-corrected chi connectivity index (χ0v) is 18.9. The van der Waals surface area contributed by atoms with Crippen LogP contribution in [0.3, 0.4) is 0 Å². The van der Waals surface area contributed by atoms with Crippen molar-refractivity contribution in [2.45, 2.75) is 19.1 Å². The molecule has 1 aliphatic carbocycles. The smallest absolute Gasteiger partial charge is 0.254 e. The molecule has 0 saturated carbocycles. The number of fused-ring (bicyclic) bond motifs is 2. The van der Waals surface area contributed by atoms with Crippen molar-refractivity contribution in [2.75, 3.05) is 29.1 Å². The summed E-state index contributed by atoms with van der Waals surface area (Å²) in [5.41, 5.74) is 9.55. The number of benzene rings is 1. The van der Waals surface area contributed by atoms with Gasteiger partial charge in [0.05, 0.1) is 17.3 Å². The van der Waals surface area contributed by atoms with E-state index >= 15 is 0 Å². The molecule has 0 fully saturated rings. The maximum Gasteiger partial charge on any atom is 0.254 e. The topological polar surface area (TPSA) is 139 Å². The molecule has 0 bridgehead atoms. The fraction of sp³-hybridized carbons (Fsp3) is 0.292. The molecule has 3 unspecified atom stereocenters. The van der Waals surface area contributed by atoms with Crippen LogP contribution in [0.15, 0.2) is 42.7 Å². The molecule has 0 radical (unpaired) electrons. The predicted octanol–water partition coefficient (Wildman–Crippen LogP) is 2.64. The number of hydrogen-bond donors (Lipinski definition) is 5. The van der Waals surface area contributed by atoms with E-state index in [4.69, 9.17) is 10.5 Å². The van der Waals surface area contributed by atoms with Crippen LogP contribution in [0.1, 0.15) is 34.6 Å². The molecule has 1 aromatic carbocycles. The van der Waals surface area contributed by atoms with E-state index < -0.39 is 12.0 Å². The average Bonchev–Trinajstić information content (AvgIpc) is 3.09. The maximum absolute atomic E-state index is 12.1. The Morgan fingerprint density at radius 1 is 1.35 bits per heavy atom. The van der Waals surface area contributed by atoms with Crippen molar-refractivity contribution in [1.82, 2.24) is 14.5 Å². The van der Waals surface area contributed by atoms with Gasteiger partial charge >= 0.3 is 0 Å². The molecule has 5 rings (SSSR count). The number of nitrogens with two attached hydrogens (primary N) is 1. The van der Waals surface area contributed by atoms with Gasteiger partial charge in [-0.25, -0.2) is 4.98 Å². The van der Waals surface area contributed by atoms with Gasteiger partial charge in [-0.2, -0.15) is 4.98 Å². The highest BCUT2D eigenvalue weighted by Crippen LogP contribution is 2.36. The van der Waals surface area contributed by atoms with Gasteiger partial charge in [-0.15, -0.1) is 0 Å². The molecule has 3 aromatic rings. The second-order valence-electron chi connectivity index (χ2n) is 8.61. The van der Waals surface area contributed by atoms with Crippen molar-refractivity contribution in [2.24, 2.45) is 18.7 Å². The lowest BCUT2D eigenvalue weighted by molar-refractivity contribution is 0.100. The molecule has 34 heavy (non-hydrogen) atoms. The number of β-amino-alcohol motifs (C(OH)–C–C–N with tert-alkyl or cyclic N) is 1. The number of aliphatic hydroxyl groups excluding tert-OH is 1. The predicted molar refractivity (Wildman–Crippen MR) is 130 cm³/mol. The van der Waals surface area contributed by atoms with E-state index in [0.717, 1.165) is 22.6 Å². The van der Waals surface area contributed by atoms with E-state index in [0.29, 0.717) is 24.1 Å². The number of hydrogen-bond acceptors (Lipinski definition) is 8. The van der Waals surface area contributed by atoms with Gasteiger partial charge in [0.15, 0.2) is 0 Å². The van der Waals surface area contributed by atoms with Crippen molar-refractivity contribution in [3.63, 3.8) is 0 Å². The third-order valence-corrected chi connectivity index (χ3v) is 6.11. The van der Waals surface area contributed by atoms with Crippen LogP contribution in [-0.2, 0) is 7.05 Å². The van der Waals surface area contributed by atoms with E-state index in [1.165, 1.54) is 6.20 Å². The van der Waals surface area contributed by atoms with Crippen LogP contribution in [0, 0.1) is 5.92 Å². The Hall–Kier alpha value is -4.05. The zero-order chi connectivity index (χ0) is 23.8. The molecule has 10 nitrogen and oxygen atoms in total. The quantitative estimate of drug-likeness (QED) is 0.391. The normalized spacial score (nSPS) is 20.9. The number of nitrogens with one attached hydrogen (secondary N) is 3. The van der Waals surface area contributed by atoms with Crippen LogP contribution < -0.4 is 26.4 Å². The van der Waals surface area contributed by atoms with Crippen LogP contribution in [0.2, 0.25) is 0 Å². The fourth-order valence-electron chi connectivity index (χ4n) is 4.24. The molecular formula is C24H27N7O3. The van der Waals surface area contributed by atoms with E-state index in [-0.39, 0.29) is 24.1 Å². The summed E-state index contributed by atoms with van der Waals surface area (Å²) in [7, 11) is 2.00. The van der Waals surface area contributed by atoms with E-state index in [1.807, 2.05) is 31.4 Å². The molecule has 3 heterocycles. The Balaban J connectivity index is 1.43. The first-order valence-electron chi connectivity index (χ1n) is 11.1. The Morgan fingerprint density at radius 2 is 2.21 bits per heavy atom. The molecule has 10 heteroatoms. The summed E-state index contributed by atoms with van der Waals surface area (Å²) >= 11 is 0. The number of aryl methyl sites for hydroxylation is 1. The second-order valence-corrected chi connectivity index (χ2v) is 8.61. The molecule has 2 aliphatic rings. The number of primary amides is 1. The zero-order valence-electron chi connectivity index (χ0n) is 18.9. The number of aromatic nitrogens is 3. The molecule has 1 aliphatic heterocycles. The first-order valence-corrected chi connectivity index (χ1v) is 11.1. The number of carbonyl (C=O) groups excluding carboxylic acids is 1. The van der Waals surface area contributed by atoms with Crippen LogP contribution in [0.4, 0.5) is 23.1 Å². The summed E-state index contributed by atoms with van der Waals surface area (Å²) < 4.78 is 7.67. The highest BCUT2D eigenvalue weighted by Gasteiger charge is 2.27. The Kier molecular flexibility index (Phi) is 5.58. The fourth-order valence-corrected chi connectivity index (χ4v) is 4.24. The molecular weight excluding hydrogens is 434 g/mol. The van der Waals surface area contributed by atoms with Crippen LogP contribution in [0.5, 0.6) is 5.75 Å². The van der Waals surface area contributed by atoms with Crippen molar-refractivity contribution in [1.29, 1.82) is 0 Å². The number of aliphatic hydroxyl groups is 1. The Bertz CT molecular complexity index is 1270. The largest absolute Gasteiger partial charge is 0.489 e. The third kappa shape index (κ3) is 4.15. The molecule has 2 aromatic heterocycles. The Labute approximate surface area is 196 Å². The van der Waals surface area contributed by atoms with Crippen molar-refractivity contribution in [3.05, 3.63) is 59.6 Å². The first kappa shape index (κ1) is 21.8. The van der Waals surface area contributed by atoms with Gasteiger partial charge in [0.1, 0.15) is 24.3 Å². The van der Waals surface area contributed by atoms with Gasteiger partial charge < -0.3 is 36.1 Å². The Morgan fingerprint density at radius 3 is 3.03 bits per heavy atom. The molecule has 176 valence electrons. The van der Waals surface area contributed by atoms with Crippen molar-refractivity contribution >= 4 is 35.1 Å². The summed E-state index contributed by atoms with van der Waals surface area (Å²) in [6.45, 7) is 2.73. The summed E-state index contributed by atoms with van der Waals surface area (Å²) in [4.78, 5) is 21.0.